The van der Waals surface area contributed by atoms with E-state index in [9.17, 15) is 14.4 Å². The fraction of sp³-hybridized carbons (Fsp3) is 0.562. The Bertz CT molecular complexity index is 541. The molecule has 0 bridgehead atoms. The van der Waals surface area contributed by atoms with Gasteiger partial charge in [-0.1, -0.05) is 12.7 Å². The Morgan fingerprint density at radius 3 is 2.70 bits per heavy atom. The number of allylic oxidation sites excluding steroid dienone is 1. The molecule has 7 heteroatoms. The molecule has 2 rings (SSSR count). The van der Waals surface area contributed by atoms with Gasteiger partial charge in [-0.05, 0) is 25.8 Å². The smallest absolute Gasteiger partial charge is 0.335 e. The average molecular weight is 344 g/mol. The second-order valence-corrected chi connectivity index (χ2v) is 5.79. The average Bonchev–Trinajstić information content (AvgIpc) is 2.56. The van der Waals surface area contributed by atoms with Gasteiger partial charge in [-0.15, -0.1) is 12.4 Å². The summed E-state index contributed by atoms with van der Waals surface area (Å²) in [5.74, 6) is -1.01. The Morgan fingerprint density at radius 1 is 1.48 bits per heavy atom. The van der Waals surface area contributed by atoms with Crippen molar-refractivity contribution >= 4 is 30.1 Å². The molecule has 0 radical (unpaired) electrons. The van der Waals surface area contributed by atoms with Crippen molar-refractivity contribution in [1.82, 2.24) is 5.32 Å². The monoisotopic (exact) mass is 343 g/mol. The molecule has 0 aromatic heterocycles. The first-order valence-corrected chi connectivity index (χ1v) is 7.32. The maximum atomic E-state index is 11.6. The number of ether oxygens (including phenoxy) is 2. The van der Waals surface area contributed by atoms with Gasteiger partial charge in [-0.25, -0.2) is 4.79 Å². The van der Waals surface area contributed by atoms with Crippen molar-refractivity contribution in [2.24, 2.45) is 5.92 Å². The van der Waals surface area contributed by atoms with Crippen molar-refractivity contribution in [1.29, 1.82) is 0 Å². The van der Waals surface area contributed by atoms with E-state index in [-0.39, 0.29) is 42.5 Å². The third-order valence-corrected chi connectivity index (χ3v) is 3.98. The normalized spacial score (nSPS) is 27.8. The minimum absolute atomic E-state index is 0. The Kier molecular flexibility index (Phi) is 6.53. The fourth-order valence-electron chi connectivity index (χ4n) is 2.90. The highest BCUT2D eigenvalue weighted by atomic mass is 35.5. The molecule has 1 fully saturated rings. The molecular weight excluding hydrogens is 322 g/mol. The number of halogens is 1. The number of carbonyl (C=O) groups excluding carboxylic acids is 3. The first-order chi connectivity index (χ1) is 10.3. The number of esters is 2. The SMILES string of the molecule is C=C1C(=O)OC2NC(C)C(C(CC(C)=O)OC(C)=O)=CCC12.Cl. The van der Waals surface area contributed by atoms with Crippen LogP contribution in [-0.4, -0.2) is 36.1 Å². The summed E-state index contributed by atoms with van der Waals surface area (Å²) in [6.45, 7) is 8.44. The van der Waals surface area contributed by atoms with Crippen LogP contribution in [0.5, 0.6) is 0 Å². The largest absolute Gasteiger partial charge is 0.457 e. The summed E-state index contributed by atoms with van der Waals surface area (Å²) in [4.78, 5) is 34.3. The molecule has 0 aromatic rings. The maximum absolute atomic E-state index is 11.6. The van der Waals surface area contributed by atoms with Crippen LogP contribution in [0.2, 0.25) is 0 Å². The van der Waals surface area contributed by atoms with E-state index in [1.165, 1.54) is 13.8 Å². The first kappa shape index (κ1) is 19.4. The van der Waals surface area contributed by atoms with E-state index in [0.29, 0.717) is 12.0 Å². The number of hydrogen-bond acceptors (Lipinski definition) is 6. The van der Waals surface area contributed by atoms with Crippen LogP contribution in [0.15, 0.2) is 23.8 Å². The van der Waals surface area contributed by atoms with Crippen molar-refractivity contribution in [3.05, 3.63) is 23.8 Å². The number of ketones is 1. The second-order valence-electron chi connectivity index (χ2n) is 5.79. The summed E-state index contributed by atoms with van der Waals surface area (Å²) >= 11 is 0. The van der Waals surface area contributed by atoms with Crippen LogP contribution in [0.3, 0.4) is 0 Å². The summed E-state index contributed by atoms with van der Waals surface area (Å²) in [6, 6.07) is -0.183. The van der Waals surface area contributed by atoms with Crippen molar-refractivity contribution in [2.75, 3.05) is 0 Å². The van der Waals surface area contributed by atoms with Gasteiger partial charge in [-0.2, -0.15) is 0 Å². The van der Waals surface area contributed by atoms with Crippen LogP contribution in [0.25, 0.3) is 0 Å². The van der Waals surface area contributed by atoms with E-state index < -0.39 is 18.3 Å². The van der Waals surface area contributed by atoms with Crippen LogP contribution in [-0.2, 0) is 23.9 Å². The first-order valence-electron chi connectivity index (χ1n) is 7.32. The van der Waals surface area contributed by atoms with Crippen LogP contribution >= 0.6 is 12.4 Å². The molecule has 0 spiro atoms. The lowest BCUT2D eigenvalue weighted by Crippen LogP contribution is -2.42. The molecule has 4 atom stereocenters. The Labute approximate surface area is 141 Å². The summed E-state index contributed by atoms with van der Waals surface area (Å²) in [7, 11) is 0. The number of rotatable bonds is 4. The molecule has 23 heavy (non-hydrogen) atoms. The van der Waals surface area contributed by atoms with Crippen LogP contribution in [0.4, 0.5) is 0 Å². The third-order valence-electron chi connectivity index (χ3n) is 3.98. The van der Waals surface area contributed by atoms with Gasteiger partial charge in [0.15, 0.2) is 6.23 Å². The van der Waals surface area contributed by atoms with E-state index in [4.69, 9.17) is 9.47 Å². The predicted octanol–water partition coefficient (Wildman–Crippen LogP) is 1.68. The van der Waals surface area contributed by atoms with Crippen molar-refractivity contribution in [2.45, 2.75) is 52.0 Å². The lowest BCUT2D eigenvalue weighted by molar-refractivity contribution is -0.145. The lowest BCUT2D eigenvalue weighted by atomic mass is 9.95. The highest BCUT2D eigenvalue weighted by molar-refractivity contribution is 5.90. The van der Waals surface area contributed by atoms with Crippen LogP contribution < -0.4 is 5.32 Å². The van der Waals surface area contributed by atoms with Gasteiger partial charge >= 0.3 is 11.9 Å². The maximum Gasteiger partial charge on any atom is 0.335 e. The van der Waals surface area contributed by atoms with E-state index in [1.807, 2.05) is 13.0 Å². The highest BCUT2D eigenvalue weighted by Crippen LogP contribution is 2.33. The summed E-state index contributed by atoms with van der Waals surface area (Å²) in [6.07, 6.45) is 1.58. The Balaban J connectivity index is 0.00000264. The predicted molar refractivity (Wildman–Crippen MR) is 85.9 cm³/mol. The molecule has 0 amide bonds. The number of Topliss-reactive ketones (excluding diaryl/α,β-unsaturated/α-hetero) is 1. The fourth-order valence-corrected chi connectivity index (χ4v) is 2.90. The molecule has 128 valence electrons. The molecule has 1 N–H and O–H groups in total. The van der Waals surface area contributed by atoms with Crippen molar-refractivity contribution in [3.63, 3.8) is 0 Å². The number of hydrogen-bond donors (Lipinski definition) is 1. The summed E-state index contributed by atoms with van der Waals surface area (Å²) in [5, 5.41) is 3.20. The third kappa shape index (κ3) is 4.42. The van der Waals surface area contributed by atoms with E-state index in [2.05, 4.69) is 11.9 Å². The van der Waals surface area contributed by atoms with Gasteiger partial charge < -0.3 is 9.47 Å². The molecule has 0 saturated carbocycles. The van der Waals surface area contributed by atoms with E-state index in [0.717, 1.165) is 5.57 Å². The van der Waals surface area contributed by atoms with Gasteiger partial charge in [0.05, 0.1) is 0 Å². The minimum atomic E-state index is -0.597. The molecule has 4 unspecified atom stereocenters. The summed E-state index contributed by atoms with van der Waals surface area (Å²) < 4.78 is 10.6. The Hall–Kier alpha value is -1.66. The Morgan fingerprint density at radius 2 is 2.13 bits per heavy atom. The number of fused-ring (bicyclic) bond motifs is 1. The van der Waals surface area contributed by atoms with Gasteiger partial charge in [0.2, 0.25) is 0 Å². The van der Waals surface area contributed by atoms with Crippen molar-refractivity contribution in [3.8, 4) is 0 Å². The van der Waals surface area contributed by atoms with E-state index in [1.54, 1.807) is 0 Å². The molecular formula is C16H22ClNO5. The second kappa shape index (κ2) is 7.75. The van der Waals surface area contributed by atoms with Gasteiger partial charge in [0.25, 0.3) is 0 Å². The summed E-state index contributed by atoms with van der Waals surface area (Å²) in [5.41, 5.74) is 1.27. The standard InChI is InChI=1S/C16H21NO5.ClH/c1-8(18)7-14(21-11(4)19)13-6-5-12-9(2)16(20)22-15(12)17-10(13)3;/h6,10,12,14-15,17H,2,5,7H2,1,3-4H3;1H. The van der Waals surface area contributed by atoms with Crippen molar-refractivity contribution < 1.29 is 23.9 Å². The van der Waals surface area contributed by atoms with Gasteiger partial charge in [0, 0.05) is 30.9 Å². The molecule has 2 heterocycles. The zero-order valence-electron chi connectivity index (χ0n) is 13.5. The molecule has 2 aliphatic rings. The highest BCUT2D eigenvalue weighted by Gasteiger charge is 2.41. The molecule has 1 saturated heterocycles. The van der Waals surface area contributed by atoms with Gasteiger partial charge in [-0.3, -0.25) is 14.9 Å². The zero-order chi connectivity index (χ0) is 16.4. The minimum Gasteiger partial charge on any atom is -0.457 e. The zero-order valence-corrected chi connectivity index (χ0v) is 14.3. The molecule has 2 aliphatic heterocycles. The number of nitrogens with one attached hydrogen (secondary N) is 1. The topological polar surface area (TPSA) is 81.7 Å². The molecule has 0 aliphatic carbocycles. The quantitative estimate of drug-likeness (QED) is 0.475. The van der Waals surface area contributed by atoms with Crippen LogP contribution in [0, 0.1) is 5.92 Å². The number of carbonyl (C=O) groups is 3. The molecule has 0 aromatic carbocycles. The van der Waals surface area contributed by atoms with Crippen LogP contribution in [0.1, 0.15) is 33.6 Å². The lowest BCUT2D eigenvalue weighted by Gasteiger charge is -2.25. The molecule has 6 nitrogen and oxygen atoms in total. The van der Waals surface area contributed by atoms with Gasteiger partial charge in [0.1, 0.15) is 11.9 Å². The van der Waals surface area contributed by atoms with E-state index >= 15 is 0 Å².